The molecule has 0 radical (unpaired) electrons. The van der Waals surface area contributed by atoms with Gasteiger partial charge in [-0.05, 0) is 83.3 Å². The predicted molar refractivity (Wildman–Crippen MR) is 155 cm³/mol. The summed E-state index contributed by atoms with van der Waals surface area (Å²) in [6.45, 7) is 8.28. The Morgan fingerprint density at radius 1 is 1.30 bits per heavy atom. The van der Waals surface area contributed by atoms with Gasteiger partial charge in [-0.25, -0.2) is 13.6 Å². The Morgan fingerprint density at radius 2 is 2.05 bits per heavy atom. The molecule has 2 fully saturated rings. The number of nitrogens with one attached hydrogen (secondary N) is 4. The van der Waals surface area contributed by atoms with Gasteiger partial charge in [0.25, 0.3) is 6.43 Å². The Morgan fingerprint density at radius 3 is 2.70 bits per heavy atom. The number of fused-ring (bicyclic) bond motifs is 2. The van der Waals surface area contributed by atoms with E-state index in [9.17, 15) is 13.6 Å². The molecule has 0 aliphatic carbocycles. The third-order valence-corrected chi connectivity index (χ3v) is 9.60. The summed E-state index contributed by atoms with van der Waals surface area (Å²) in [5, 5.41) is 25.0. The number of likely N-dealkylation sites (tertiary alicyclic amines) is 1. The Balaban J connectivity index is 1.59. The molecular formula is C29H44F2N8O. The normalized spacial score (nSPS) is 26.7. The molecule has 3 unspecified atom stereocenters. The molecule has 0 bridgehead atoms. The lowest BCUT2D eigenvalue weighted by molar-refractivity contribution is 0.00190. The van der Waals surface area contributed by atoms with Crippen LogP contribution in [0.1, 0.15) is 62.6 Å². The van der Waals surface area contributed by atoms with Crippen molar-refractivity contribution in [2.45, 2.75) is 69.4 Å². The first-order valence-corrected chi connectivity index (χ1v) is 14.6. The van der Waals surface area contributed by atoms with Crippen LogP contribution in [0.2, 0.25) is 0 Å². The quantitative estimate of drug-likeness (QED) is 0.402. The zero-order valence-corrected chi connectivity index (χ0v) is 24.2. The van der Waals surface area contributed by atoms with Gasteiger partial charge in [0.1, 0.15) is 5.84 Å². The summed E-state index contributed by atoms with van der Waals surface area (Å²) < 4.78 is 29.2. The first-order valence-electron chi connectivity index (χ1n) is 14.6. The van der Waals surface area contributed by atoms with Gasteiger partial charge in [0.2, 0.25) is 0 Å². The van der Waals surface area contributed by atoms with Crippen molar-refractivity contribution < 1.29 is 13.6 Å². The van der Waals surface area contributed by atoms with Gasteiger partial charge in [-0.2, -0.15) is 5.10 Å². The van der Waals surface area contributed by atoms with Crippen LogP contribution in [0.5, 0.6) is 0 Å². The van der Waals surface area contributed by atoms with Crippen molar-refractivity contribution in [1.82, 2.24) is 25.9 Å². The topological polar surface area (TPSA) is 99.1 Å². The number of benzene rings is 1. The van der Waals surface area contributed by atoms with Crippen molar-refractivity contribution in [3.05, 3.63) is 28.8 Å². The summed E-state index contributed by atoms with van der Waals surface area (Å²) in [5.74, 6) is 0.846. The molecule has 220 valence electrons. The van der Waals surface area contributed by atoms with Gasteiger partial charge in [0.15, 0.2) is 0 Å². The van der Waals surface area contributed by atoms with Gasteiger partial charge in [-0.15, -0.1) is 0 Å². The van der Waals surface area contributed by atoms with E-state index in [1.54, 1.807) is 20.2 Å². The number of aryl methyl sites for hydroxylation is 1. The van der Waals surface area contributed by atoms with E-state index in [0.29, 0.717) is 37.8 Å². The summed E-state index contributed by atoms with van der Waals surface area (Å²) in [6, 6.07) is 3.76. The lowest BCUT2D eigenvalue weighted by Gasteiger charge is -2.49. The highest BCUT2D eigenvalue weighted by Crippen LogP contribution is 2.46. The zero-order valence-electron chi connectivity index (χ0n) is 24.2. The number of piperidine rings is 2. The minimum atomic E-state index is -2.67. The van der Waals surface area contributed by atoms with E-state index < -0.39 is 11.8 Å². The number of rotatable bonds is 6. The number of amides is 2. The Bertz CT molecular complexity index is 1160. The van der Waals surface area contributed by atoms with Gasteiger partial charge in [0, 0.05) is 56.1 Å². The SMILES string of the molecule is CNCC(C)(C=N)c1cc2c(cc1C(F)F)N(C1=NN(C3CCNCC3)C3(C)CCN(C(=O)NC)CC13)CCC2. The highest BCUT2D eigenvalue weighted by Gasteiger charge is 2.54. The fraction of sp³-hybridized carbons (Fsp3) is 0.690. The number of carbonyl (C=O) groups is 1. The highest BCUT2D eigenvalue weighted by atomic mass is 19.3. The molecule has 11 heteroatoms. The van der Waals surface area contributed by atoms with E-state index in [-0.39, 0.29) is 23.1 Å². The van der Waals surface area contributed by atoms with E-state index in [2.05, 4.69) is 32.8 Å². The summed E-state index contributed by atoms with van der Waals surface area (Å²) in [4.78, 5) is 16.7. The number of urea groups is 1. The maximum Gasteiger partial charge on any atom is 0.317 e. The minimum Gasteiger partial charge on any atom is -0.341 e. The second kappa shape index (κ2) is 11.2. The van der Waals surface area contributed by atoms with Crippen LogP contribution >= 0.6 is 0 Å². The largest absolute Gasteiger partial charge is 0.341 e. The standard InChI is InChI=1S/C29H44F2N8O/c1-28(17-32,18-33-3)22-14-19-6-5-12-38(24(19)15-21(22)25(30)31)26-23-16-37(27(40)34-4)13-9-29(23,2)39(36-26)20-7-10-35-11-8-20/h14-15,17,20,23,25,32-33,35H,5-13,16,18H2,1-4H3,(H,34,40). The van der Waals surface area contributed by atoms with Crippen LogP contribution in [0.15, 0.2) is 17.2 Å². The Kier molecular flexibility index (Phi) is 8.07. The minimum absolute atomic E-state index is 0.0286. The number of carbonyl (C=O) groups excluding carboxylic acids is 1. The maximum absolute atomic E-state index is 14.6. The highest BCUT2D eigenvalue weighted by molar-refractivity contribution is 6.03. The molecule has 1 aromatic rings. The lowest BCUT2D eigenvalue weighted by atomic mass is 9.76. The van der Waals surface area contributed by atoms with E-state index in [0.717, 1.165) is 62.3 Å². The van der Waals surface area contributed by atoms with Crippen LogP contribution in [0, 0.1) is 11.3 Å². The van der Waals surface area contributed by atoms with Crippen molar-refractivity contribution >= 4 is 23.8 Å². The summed E-state index contributed by atoms with van der Waals surface area (Å²) in [7, 11) is 3.43. The van der Waals surface area contributed by atoms with Crippen molar-refractivity contribution in [2.24, 2.45) is 11.0 Å². The molecule has 0 aromatic heterocycles. The average Bonchev–Trinajstić information content (AvgIpc) is 3.28. The molecular weight excluding hydrogens is 514 g/mol. The number of likely N-dealkylation sites (N-methyl/N-ethyl adjacent to an activating group) is 1. The number of nitrogens with zero attached hydrogens (tertiary/aromatic N) is 4. The smallest absolute Gasteiger partial charge is 0.317 e. The maximum atomic E-state index is 14.6. The Labute approximate surface area is 236 Å². The first kappa shape index (κ1) is 28.7. The van der Waals surface area contributed by atoms with E-state index in [1.807, 2.05) is 17.9 Å². The van der Waals surface area contributed by atoms with Gasteiger partial charge in [-0.1, -0.05) is 6.07 Å². The van der Waals surface area contributed by atoms with Gasteiger partial charge in [0.05, 0.1) is 17.5 Å². The third kappa shape index (κ3) is 4.85. The monoisotopic (exact) mass is 558 g/mol. The predicted octanol–water partition coefficient (Wildman–Crippen LogP) is 3.30. The third-order valence-electron chi connectivity index (χ3n) is 9.60. The zero-order chi connectivity index (χ0) is 28.7. The van der Waals surface area contributed by atoms with Crippen molar-refractivity contribution in [2.75, 3.05) is 58.3 Å². The van der Waals surface area contributed by atoms with Crippen LogP contribution in [0.4, 0.5) is 19.3 Å². The summed E-state index contributed by atoms with van der Waals surface area (Å²) in [5.41, 5.74) is 1.18. The number of hydrogen-bond acceptors (Lipinski definition) is 7. The fourth-order valence-electron chi connectivity index (χ4n) is 7.26. The Hall–Kier alpha value is -2.79. The molecule has 4 aliphatic heterocycles. The molecule has 40 heavy (non-hydrogen) atoms. The summed E-state index contributed by atoms with van der Waals surface area (Å²) >= 11 is 0. The van der Waals surface area contributed by atoms with Crippen molar-refractivity contribution in [3.63, 3.8) is 0 Å². The van der Waals surface area contributed by atoms with Crippen LogP contribution in [0.3, 0.4) is 0 Å². The van der Waals surface area contributed by atoms with Crippen LogP contribution in [-0.4, -0.2) is 92.9 Å². The average molecular weight is 559 g/mol. The van der Waals surface area contributed by atoms with E-state index in [4.69, 9.17) is 10.5 Å². The molecule has 4 N–H and O–H groups in total. The van der Waals surface area contributed by atoms with E-state index in [1.165, 1.54) is 6.21 Å². The van der Waals surface area contributed by atoms with Crippen molar-refractivity contribution in [3.8, 4) is 0 Å². The van der Waals surface area contributed by atoms with Gasteiger partial charge in [-0.3, -0.25) is 5.01 Å². The summed E-state index contributed by atoms with van der Waals surface area (Å²) in [6.07, 6.45) is 3.07. The number of amidine groups is 1. The number of hydrogen-bond donors (Lipinski definition) is 4. The molecule has 0 spiro atoms. The number of hydrazone groups is 1. The molecule has 2 saturated heterocycles. The second-order valence-corrected chi connectivity index (χ2v) is 12.2. The molecule has 3 atom stereocenters. The number of alkyl halides is 2. The fourth-order valence-corrected chi connectivity index (χ4v) is 7.26. The van der Waals surface area contributed by atoms with E-state index >= 15 is 0 Å². The molecule has 0 saturated carbocycles. The molecule has 5 rings (SSSR count). The van der Waals surface area contributed by atoms with Gasteiger partial charge >= 0.3 is 6.03 Å². The van der Waals surface area contributed by atoms with Crippen LogP contribution < -0.4 is 20.9 Å². The second-order valence-electron chi connectivity index (χ2n) is 12.2. The van der Waals surface area contributed by atoms with Crippen LogP contribution in [-0.2, 0) is 11.8 Å². The van der Waals surface area contributed by atoms with Gasteiger partial charge < -0.3 is 31.2 Å². The number of halogens is 2. The molecule has 9 nitrogen and oxygen atoms in total. The number of anilines is 1. The van der Waals surface area contributed by atoms with Crippen molar-refractivity contribution in [1.29, 1.82) is 5.41 Å². The molecule has 4 heterocycles. The molecule has 4 aliphatic rings. The van der Waals surface area contributed by atoms with Crippen LogP contribution in [0.25, 0.3) is 0 Å². The lowest BCUT2D eigenvalue weighted by Crippen LogP contribution is -2.62. The molecule has 1 aromatic carbocycles. The first-order chi connectivity index (χ1) is 19.2. The molecule has 2 amide bonds.